The predicted octanol–water partition coefficient (Wildman–Crippen LogP) is 2.81. The van der Waals surface area contributed by atoms with Gasteiger partial charge in [-0.2, -0.15) is 0 Å². The van der Waals surface area contributed by atoms with Crippen LogP contribution < -0.4 is 10.1 Å². The van der Waals surface area contributed by atoms with E-state index in [2.05, 4.69) is 22.4 Å². The Bertz CT molecular complexity index is 607. The molecular weight excluding hydrogens is 326 g/mol. The number of imidazole rings is 1. The van der Waals surface area contributed by atoms with E-state index < -0.39 is 0 Å². The Morgan fingerprint density at radius 3 is 2.54 bits per heavy atom. The van der Waals surface area contributed by atoms with Gasteiger partial charge in [0.2, 0.25) is 0 Å². The number of aliphatic hydroxyl groups excluding tert-OH is 1. The summed E-state index contributed by atoms with van der Waals surface area (Å²) in [5, 5.41) is 13.1. The highest BCUT2D eigenvalue weighted by Crippen LogP contribution is 2.19. The van der Waals surface area contributed by atoms with Crippen LogP contribution in [-0.4, -0.2) is 26.8 Å². The van der Waals surface area contributed by atoms with E-state index in [1.54, 1.807) is 6.20 Å². The first-order chi connectivity index (χ1) is 11.2. The Morgan fingerprint density at radius 2 is 1.92 bits per heavy atom. The van der Waals surface area contributed by atoms with E-state index in [1.165, 1.54) is 5.56 Å². The molecule has 1 fully saturated rings. The quantitative estimate of drug-likeness (QED) is 0.840. The highest BCUT2D eigenvalue weighted by molar-refractivity contribution is 5.85. The average Bonchev–Trinajstić information content (AvgIpc) is 2.98. The van der Waals surface area contributed by atoms with E-state index in [9.17, 15) is 5.11 Å². The lowest BCUT2D eigenvalue weighted by atomic mass is 9.93. The van der Waals surface area contributed by atoms with Gasteiger partial charge in [-0.1, -0.05) is 12.1 Å². The van der Waals surface area contributed by atoms with Gasteiger partial charge >= 0.3 is 0 Å². The van der Waals surface area contributed by atoms with E-state index in [0.29, 0.717) is 12.6 Å². The van der Waals surface area contributed by atoms with E-state index in [-0.39, 0.29) is 18.5 Å². The van der Waals surface area contributed by atoms with Gasteiger partial charge < -0.3 is 19.7 Å². The van der Waals surface area contributed by atoms with Crippen LogP contribution in [0.5, 0.6) is 5.75 Å². The number of nitrogens with one attached hydrogen (secondary N) is 1. The maximum absolute atomic E-state index is 9.53. The van der Waals surface area contributed by atoms with Crippen LogP contribution in [0.1, 0.15) is 37.1 Å². The fourth-order valence-electron chi connectivity index (χ4n) is 2.93. The molecule has 1 aliphatic rings. The SMILES string of the molecule is Cl.Cn1ccnc1COc1ccc(CNC2CCC(O)CC2)cc1. The first-order valence-electron chi connectivity index (χ1n) is 8.30. The van der Waals surface area contributed by atoms with Gasteiger partial charge in [0.1, 0.15) is 18.2 Å². The Balaban J connectivity index is 0.00000208. The summed E-state index contributed by atoms with van der Waals surface area (Å²) in [5.41, 5.74) is 1.25. The molecular formula is C18H26ClN3O2. The monoisotopic (exact) mass is 351 g/mol. The number of aromatic nitrogens is 2. The zero-order valence-electron chi connectivity index (χ0n) is 14.0. The second kappa shape index (κ2) is 9.06. The molecule has 0 aliphatic heterocycles. The maximum atomic E-state index is 9.53. The molecule has 1 heterocycles. The van der Waals surface area contributed by atoms with Gasteiger partial charge in [-0.05, 0) is 43.4 Å². The maximum Gasteiger partial charge on any atom is 0.146 e. The Morgan fingerprint density at radius 1 is 1.21 bits per heavy atom. The van der Waals surface area contributed by atoms with E-state index in [4.69, 9.17) is 4.74 Å². The first-order valence-corrected chi connectivity index (χ1v) is 8.30. The number of halogens is 1. The van der Waals surface area contributed by atoms with Gasteiger partial charge in [0.05, 0.1) is 6.10 Å². The molecule has 5 nitrogen and oxygen atoms in total. The molecule has 1 aromatic heterocycles. The summed E-state index contributed by atoms with van der Waals surface area (Å²) < 4.78 is 7.72. The van der Waals surface area contributed by atoms with Crippen molar-refractivity contribution in [3.8, 4) is 5.75 Å². The number of ether oxygens (including phenoxy) is 1. The number of rotatable bonds is 6. The minimum absolute atomic E-state index is 0. The van der Waals surface area contributed by atoms with Gasteiger partial charge in [-0.25, -0.2) is 4.98 Å². The fourth-order valence-corrected chi connectivity index (χ4v) is 2.93. The molecule has 2 N–H and O–H groups in total. The molecule has 0 radical (unpaired) electrons. The zero-order valence-corrected chi connectivity index (χ0v) is 14.8. The minimum Gasteiger partial charge on any atom is -0.486 e. The third kappa shape index (κ3) is 5.23. The predicted molar refractivity (Wildman–Crippen MR) is 96.3 cm³/mol. The van der Waals surface area contributed by atoms with Crippen molar-refractivity contribution in [1.82, 2.24) is 14.9 Å². The van der Waals surface area contributed by atoms with Crippen LogP contribution in [-0.2, 0) is 20.2 Å². The Hall–Kier alpha value is -1.56. The molecule has 2 aromatic rings. The molecule has 24 heavy (non-hydrogen) atoms. The van der Waals surface area contributed by atoms with Gasteiger partial charge in [-0.15, -0.1) is 12.4 Å². The molecule has 0 saturated heterocycles. The molecule has 0 unspecified atom stereocenters. The lowest BCUT2D eigenvalue weighted by Crippen LogP contribution is -2.34. The van der Waals surface area contributed by atoms with Crippen LogP contribution in [0, 0.1) is 0 Å². The highest BCUT2D eigenvalue weighted by Gasteiger charge is 2.18. The minimum atomic E-state index is -0.0943. The zero-order chi connectivity index (χ0) is 16.1. The fraction of sp³-hybridized carbons (Fsp3) is 0.500. The lowest BCUT2D eigenvalue weighted by molar-refractivity contribution is 0.116. The van der Waals surface area contributed by atoms with Crippen LogP contribution in [0.2, 0.25) is 0 Å². The second-order valence-electron chi connectivity index (χ2n) is 6.27. The molecule has 3 rings (SSSR count). The largest absolute Gasteiger partial charge is 0.486 e. The summed E-state index contributed by atoms with van der Waals surface area (Å²) in [6.07, 6.45) is 7.55. The number of aryl methyl sites for hydroxylation is 1. The van der Waals surface area contributed by atoms with Crippen molar-refractivity contribution in [2.75, 3.05) is 0 Å². The number of aliphatic hydroxyl groups is 1. The van der Waals surface area contributed by atoms with Crippen molar-refractivity contribution < 1.29 is 9.84 Å². The smallest absolute Gasteiger partial charge is 0.146 e. The number of hydrogen-bond acceptors (Lipinski definition) is 4. The van der Waals surface area contributed by atoms with Crippen molar-refractivity contribution in [2.45, 2.75) is 51.0 Å². The molecule has 1 saturated carbocycles. The standard InChI is InChI=1S/C18H25N3O2.ClH/c1-21-11-10-19-18(21)13-23-17-8-2-14(3-9-17)12-20-15-4-6-16(22)7-5-15;/h2-3,8-11,15-16,20,22H,4-7,12-13H2,1H3;1H. The first kappa shape index (κ1) is 18.8. The van der Waals surface area contributed by atoms with Crippen LogP contribution >= 0.6 is 12.4 Å². The van der Waals surface area contributed by atoms with Crippen LogP contribution in [0.15, 0.2) is 36.7 Å². The normalized spacial score (nSPS) is 20.4. The molecule has 1 aromatic carbocycles. The van der Waals surface area contributed by atoms with Gasteiger partial charge in [0.25, 0.3) is 0 Å². The topological polar surface area (TPSA) is 59.3 Å². The summed E-state index contributed by atoms with van der Waals surface area (Å²) in [4.78, 5) is 4.25. The second-order valence-corrected chi connectivity index (χ2v) is 6.27. The van der Waals surface area contributed by atoms with Gasteiger partial charge in [0, 0.05) is 32.0 Å². The summed E-state index contributed by atoms with van der Waals surface area (Å²) in [6, 6.07) is 8.73. The molecule has 0 spiro atoms. The molecule has 0 atom stereocenters. The molecule has 0 bridgehead atoms. The van der Waals surface area contributed by atoms with E-state index in [0.717, 1.165) is 43.8 Å². The molecule has 0 amide bonds. The Labute approximate surface area is 149 Å². The van der Waals surface area contributed by atoms with Crippen molar-refractivity contribution in [3.63, 3.8) is 0 Å². The Kier molecular flexibility index (Phi) is 7.09. The van der Waals surface area contributed by atoms with Crippen LogP contribution in [0.3, 0.4) is 0 Å². The van der Waals surface area contributed by atoms with Crippen LogP contribution in [0.25, 0.3) is 0 Å². The third-order valence-corrected chi connectivity index (χ3v) is 4.50. The van der Waals surface area contributed by atoms with Gasteiger partial charge in [-0.3, -0.25) is 0 Å². The van der Waals surface area contributed by atoms with E-state index >= 15 is 0 Å². The summed E-state index contributed by atoms with van der Waals surface area (Å²) in [5.74, 6) is 1.77. The van der Waals surface area contributed by atoms with Crippen LogP contribution in [0.4, 0.5) is 0 Å². The van der Waals surface area contributed by atoms with Crippen molar-refractivity contribution in [2.24, 2.45) is 7.05 Å². The highest BCUT2D eigenvalue weighted by atomic mass is 35.5. The summed E-state index contributed by atoms with van der Waals surface area (Å²) >= 11 is 0. The van der Waals surface area contributed by atoms with Crippen molar-refractivity contribution >= 4 is 12.4 Å². The molecule has 1 aliphatic carbocycles. The lowest BCUT2D eigenvalue weighted by Gasteiger charge is -2.26. The van der Waals surface area contributed by atoms with E-state index in [1.807, 2.05) is 29.9 Å². The van der Waals surface area contributed by atoms with Gasteiger partial charge in [0.15, 0.2) is 0 Å². The number of benzene rings is 1. The van der Waals surface area contributed by atoms with Crippen molar-refractivity contribution in [3.05, 3.63) is 48.0 Å². The average molecular weight is 352 g/mol. The number of hydrogen-bond donors (Lipinski definition) is 2. The summed E-state index contributed by atoms with van der Waals surface area (Å²) in [7, 11) is 1.96. The van der Waals surface area contributed by atoms with Crippen molar-refractivity contribution in [1.29, 1.82) is 0 Å². The molecule has 6 heteroatoms. The third-order valence-electron chi connectivity index (χ3n) is 4.50. The number of nitrogens with zero attached hydrogens (tertiary/aromatic N) is 2. The molecule has 132 valence electrons. The summed E-state index contributed by atoms with van der Waals surface area (Å²) in [6.45, 7) is 1.34.